The van der Waals surface area contributed by atoms with Crippen molar-refractivity contribution >= 4 is 65.0 Å². The van der Waals surface area contributed by atoms with Gasteiger partial charge < -0.3 is 19.8 Å². The van der Waals surface area contributed by atoms with E-state index in [0.29, 0.717) is 79.2 Å². The van der Waals surface area contributed by atoms with Gasteiger partial charge in [-0.1, -0.05) is 23.8 Å². The molecule has 2 unspecified atom stereocenters. The minimum atomic E-state index is -4.60. The summed E-state index contributed by atoms with van der Waals surface area (Å²) in [6, 6.07) is 8.65. The molecule has 2 heterocycles. The number of carboxylic acids is 1. The highest BCUT2D eigenvalue weighted by atomic mass is 35.5. The van der Waals surface area contributed by atoms with Crippen LogP contribution in [0.2, 0.25) is 0 Å². The second-order valence-corrected chi connectivity index (χ2v) is 20.8. The van der Waals surface area contributed by atoms with Crippen LogP contribution in [0.1, 0.15) is 89.2 Å². The van der Waals surface area contributed by atoms with Crippen molar-refractivity contribution < 1.29 is 63.2 Å². The van der Waals surface area contributed by atoms with Crippen LogP contribution in [0.25, 0.3) is 0 Å². The van der Waals surface area contributed by atoms with E-state index in [1.807, 2.05) is 43.1 Å². The van der Waals surface area contributed by atoms with Gasteiger partial charge in [0, 0.05) is 72.6 Å². The van der Waals surface area contributed by atoms with Crippen LogP contribution in [-0.2, 0) is 50.7 Å². The minimum absolute atomic E-state index is 0.0177. The van der Waals surface area contributed by atoms with E-state index in [4.69, 9.17) is 21.4 Å². The lowest BCUT2D eigenvalue weighted by atomic mass is 9.76. The van der Waals surface area contributed by atoms with Crippen LogP contribution >= 0.6 is 11.6 Å². The molecule has 334 valence electrons. The van der Waals surface area contributed by atoms with Crippen molar-refractivity contribution in [1.82, 2.24) is 0 Å². The molecule has 15 nitrogen and oxygen atoms in total. The van der Waals surface area contributed by atoms with Gasteiger partial charge in [-0.05, 0) is 118 Å². The molecule has 2 aromatic carbocycles. The number of aliphatic hydroxyl groups is 1. The molecule has 0 bridgehead atoms. The quantitative estimate of drug-likeness (QED) is 0.0528. The van der Waals surface area contributed by atoms with Crippen LogP contribution in [0.3, 0.4) is 0 Å². The Balaban J connectivity index is 1.59. The number of fused-ring (bicyclic) bond motifs is 2. The van der Waals surface area contributed by atoms with Crippen molar-refractivity contribution in [2.45, 2.75) is 98.7 Å². The van der Waals surface area contributed by atoms with Crippen LogP contribution < -0.4 is 4.90 Å². The van der Waals surface area contributed by atoms with Crippen molar-refractivity contribution in [3.05, 3.63) is 93.7 Å². The van der Waals surface area contributed by atoms with Gasteiger partial charge in [-0.3, -0.25) is 18.5 Å². The minimum Gasteiger partial charge on any atom is -0.481 e. The number of rotatable bonds is 20. The molecule has 0 aromatic heterocycles. The Morgan fingerprint density at radius 3 is 2.16 bits per heavy atom. The summed E-state index contributed by atoms with van der Waals surface area (Å²) in [6.45, 7) is 4.49. The molecule has 0 saturated carbocycles. The first kappa shape index (κ1) is 48.3. The third kappa shape index (κ3) is 11.1. The SMILES string of the molecule is COCCC1(C)C(/C=C/C2=C(Cl)C(=C/C=C3/N(CCO)c4ccc(S(=O)(=O)O)cc4C3(C)CCCS(=O)(=O)O)/CCC2)=[N+](CCCCCC(=O)O)c2ccc(S(=O)(=O)O)cc21. The molecule has 19 heteroatoms. The van der Waals surface area contributed by atoms with E-state index in [1.165, 1.54) is 30.3 Å². The Hall–Kier alpha value is -3.72. The highest BCUT2D eigenvalue weighted by molar-refractivity contribution is 7.86. The number of unbranched alkanes of at least 4 members (excludes halogenated alkanes) is 2. The summed E-state index contributed by atoms with van der Waals surface area (Å²) in [4.78, 5) is 12.4. The fourth-order valence-electron chi connectivity index (χ4n) is 8.70. The van der Waals surface area contributed by atoms with Gasteiger partial charge in [0.05, 0.1) is 27.6 Å². The summed E-state index contributed by atoms with van der Waals surface area (Å²) in [5.74, 6) is -1.41. The number of hydrogen-bond acceptors (Lipinski definition) is 10. The number of nitrogens with zero attached hydrogens (tertiary/aromatic N) is 2. The maximum absolute atomic E-state index is 12.3. The number of ether oxygens (including phenoxy) is 1. The van der Waals surface area contributed by atoms with E-state index in [9.17, 15) is 48.8 Å². The van der Waals surface area contributed by atoms with Gasteiger partial charge >= 0.3 is 5.97 Å². The zero-order valence-electron chi connectivity index (χ0n) is 34.4. The predicted molar refractivity (Wildman–Crippen MR) is 232 cm³/mol. The number of benzene rings is 2. The Kier molecular flexibility index (Phi) is 15.3. The van der Waals surface area contributed by atoms with Crippen LogP contribution in [0.15, 0.2) is 92.4 Å². The van der Waals surface area contributed by atoms with Crippen LogP contribution in [0.4, 0.5) is 11.4 Å². The summed E-state index contributed by atoms with van der Waals surface area (Å²) >= 11 is 7.18. The summed E-state index contributed by atoms with van der Waals surface area (Å²) < 4.78 is 109. The van der Waals surface area contributed by atoms with E-state index in [2.05, 4.69) is 4.58 Å². The number of allylic oxidation sites excluding steroid dienone is 8. The molecule has 0 radical (unpaired) electrons. The lowest BCUT2D eigenvalue weighted by molar-refractivity contribution is -0.438. The fraction of sp³-hybridized carbons (Fsp3) is 0.476. The first-order valence-electron chi connectivity index (χ1n) is 20.0. The van der Waals surface area contributed by atoms with Gasteiger partial charge in [0.1, 0.15) is 6.54 Å². The first-order chi connectivity index (χ1) is 28.5. The molecule has 1 aliphatic carbocycles. The van der Waals surface area contributed by atoms with Crippen molar-refractivity contribution in [3.63, 3.8) is 0 Å². The van der Waals surface area contributed by atoms with Gasteiger partial charge in [0.15, 0.2) is 5.71 Å². The third-order valence-corrected chi connectivity index (χ3v) is 14.8. The van der Waals surface area contributed by atoms with Crippen molar-refractivity contribution in [1.29, 1.82) is 0 Å². The first-order valence-corrected chi connectivity index (χ1v) is 24.8. The average Bonchev–Trinajstić information content (AvgIpc) is 3.54. The molecule has 2 atom stereocenters. The zero-order chi connectivity index (χ0) is 45.0. The number of methoxy groups -OCH3 is 1. The van der Waals surface area contributed by atoms with Gasteiger partial charge in [-0.15, -0.1) is 0 Å². The maximum Gasteiger partial charge on any atom is 0.303 e. The van der Waals surface area contributed by atoms with E-state index < -0.39 is 52.9 Å². The number of carbonyl (C=O) groups is 1. The molecule has 5 N–H and O–H groups in total. The van der Waals surface area contributed by atoms with Gasteiger partial charge in [0.25, 0.3) is 30.4 Å². The lowest BCUT2D eigenvalue weighted by Crippen LogP contribution is -2.33. The second kappa shape index (κ2) is 19.3. The maximum atomic E-state index is 12.3. The summed E-state index contributed by atoms with van der Waals surface area (Å²) in [5.41, 5.74) is 3.79. The monoisotopic (exact) mass is 925 g/mol. The second-order valence-electron chi connectivity index (χ2n) is 16.0. The summed E-state index contributed by atoms with van der Waals surface area (Å²) in [6.07, 6.45) is 12.0. The molecule has 3 aliphatic rings. The number of carboxylic acid groups (broad SMARTS) is 1. The van der Waals surface area contributed by atoms with E-state index >= 15 is 0 Å². The highest BCUT2D eigenvalue weighted by Crippen LogP contribution is 2.51. The van der Waals surface area contributed by atoms with E-state index in [0.717, 1.165) is 29.0 Å². The number of hydrogen-bond donors (Lipinski definition) is 5. The lowest BCUT2D eigenvalue weighted by Gasteiger charge is -2.30. The molecule has 61 heavy (non-hydrogen) atoms. The Labute approximate surface area is 363 Å². The normalized spacial score (nSPS) is 22.3. The molecule has 2 aliphatic heterocycles. The molecular formula is C42H54ClN2O13S3+. The third-order valence-electron chi connectivity index (χ3n) is 11.8. The Bertz CT molecular complexity index is 2530. The number of β-amino-alcohol motifs (C(OH)–C–C–N with tert-alkyl or cyclic N) is 1. The molecule has 0 spiro atoms. The number of halogens is 1. The van der Waals surface area contributed by atoms with Crippen LogP contribution in [0, 0.1) is 0 Å². The Morgan fingerprint density at radius 1 is 0.869 bits per heavy atom. The van der Waals surface area contributed by atoms with Crippen LogP contribution in [0.5, 0.6) is 0 Å². The number of aliphatic hydroxyl groups excluding tert-OH is 1. The smallest absolute Gasteiger partial charge is 0.303 e. The molecule has 0 fully saturated rings. The molecule has 0 saturated heterocycles. The van der Waals surface area contributed by atoms with Gasteiger partial charge in [-0.25, -0.2) is 0 Å². The van der Waals surface area contributed by atoms with Crippen molar-refractivity contribution in [3.8, 4) is 0 Å². The van der Waals surface area contributed by atoms with Gasteiger partial charge in [-0.2, -0.15) is 29.8 Å². The summed E-state index contributed by atoms with van der Waals surface area (Å²) in [5, 5.41) is 19.8. The predicted octanol–water partition coefficient (Wildman–Crippen LogP) is 6.70. The number of anilines is 1. The largest absolute Gasteiger partial charge is 0.481 e. The van der Waals surface area contributed by atoms with Gasteiger partial charge in [0.2, 0.25) is 5.69 Å². The summed E-state index contributed by atoms with van der Waals surface area (Å²) in [7, 11) is -11.9. The number of aliphatic carboxylic acids is 1. The Morgan fingerprint density at radius 2 is 1.54 bits per heavy atom. The zero-order valence-corrected chi connectivity index (χ0v) is 37.6. The fourth-order valence-corrected chi connectivity index (χ4v) is 10.5. The molecule has 0 amide bonds. The van der Waals surface area contributed by atoms with E-state index in [1.54, 1.807) is 13.2 Å². The average molecular weight is 927 g/mol. The molecule has 5 rings (SSSR count). The standard InChI is InChI=1S/C42H53ClN2O13S3/c1-41(20-8-26-59(49,50)51)33-27-31(60(52,53)54)15-17-36(33)45(23-24-46)37(41)18-12-29-9-7-10-30(40(29)43)13-19-38-42(2,21-25-58-3)34-28-32(61(55,56)57)14-16-35(34)44(38)22-6-4-5-11-39(47)48/h12-19,27-28,46H,4-11,20-26H2,1-3H3,(H3-,47,48,49,50,51,52,53,54,55,56,57)/p+1. The van der Waals surface area contributed by atoms with Crippen LogP contribution in [-0.4, -0.2) is 105 Å². The molecular weight excluding hydrogens is 872 g/mol. The highest BCUT2D eigenvalue weighted by Gasteiger charge is 2.48. The topological polar surface area (TPSA) is 236 Å². The molecule has 2 aromatic rings. The van der Waals surface area contributed by atoms with Crippen molar-refractivity contribution in [2.24, 2.45) is 0 Å². The van der Waals surface area contributed by atoms with Crippen molar-refractivity contribution in [2.75, 3.05) is 44.1 Å². The van der Waals surface area contributed by atoms with E-state index in [-0.39, 0.29) is 42.2 Å².